The van der Waals surface area contributed by atoms with E-state index in [1.165, 1.54) is 0 Å². The molecule has 146 valence electrons. The highest BCUT2D eigenvalue weighted by molar-refractivity contribution is 5.79. The third kappa shape index (κ3) is 6.09. The molecule has 6 heteroatoms. The summed E-state index contributed by atoms with van der Waals surface area (Å²) in [4.78, 5) is 4.24. The summed E-state index contributed by atoms with van der Waals surface area (Å²) in [5.74, 6) is 2.42. The summed E-state index contributed by atoms with van der Waals surface area (Å²) in [6.07, 6.45) is 0.110. The van der Waals surface area contributed by atoms with Crippen molar-refractivity contribution in [1.82, 2.24) is 10.6 Å². The summed E-state index contributed by atoms with van der Waals surface area (Å²) in [6.45, 7) is 7.07. The van der Waals surface area contributed by atoms with Gasteiger partial charge < -0.3 is 25.2 Å². The molecule has 0 spiro atoms. The van der Waals surface area contributed by atoms with Crippen LogP contribution in [0.4, 0.5) is 0 Å². The molecule has 0 unspecified atom stereocenters. The topological polar surface area (TPSA) is 75.1 Å². The van der Waals surface area contributed by atoms with Gasteiger partial charge in [-0.15, -0.1) is 0 Å². The second-order valence-corrected chi connectivity index (χ2v) is 6.55. The second-order valence-electron chi connectivity index (χ2n) is 6.55. The van der Waals surface area contributed by atoms with Gasteiger partial charge >= 0.3 is 0 Å². The molecule has 0 fully saturated rings. The predicted molar refractivity (Wildman–Crippen MR) is 109 cm³/mol. The Hall–Kier alpha value is -2.89. The van der Waals surface area contributed by atoms with Crippen molar-refractivity contribution in [2.45, 2.75) is 40.0 Å². The molecule has 0 bridgehead atoms. The highest BCUT2D eigenvalue weighted by Gasteiger charge is 2.09. The largest absolute Gasteiger partial charge is 0.508 e. The number of guanidine groups is 1. The number of aryl methyl sites for hydroxylation is 1. The first kappa shape index (κ1) is 20.4. The van der Waals surface area contributed by atoms with E-state index in [-0.39, 0.29) is 11.9 Å². The Morgan fingerprint density at radius 1 is 1.07 bits per heavy atom. The molecule has 0 amide bonds. The molecule has 0 aliphatic rings. The number of methoxy groups -OCH3 is 1. The zero-order chi connectivity index (χ0) is 19.8. The van der Waals surface area contributed by atoms with Gasteiger partial charge in [-0.25, -0.2) is 0 Å². The van der Waals surface area contributed by atoms with Crippen molar-refractivity contribution in [2.24, 2.45) is 4.99 Å². The van der Waals surface area contributed by atoms with Crippen LogP contribution in [0.2, 0.25) is 0 Å². The van der Waals surface area contributed by atoms with Gasteiger partial charge in [-0.1, -0.05) is 12.1 Å². The van der Waals surface area contributed by atoms with Gasteiger partial charge in [0.2, 0.25) is 0 Å². The number of rotatable bonds is 7. The van der Waals surface area contributed by atoms with E-state index < -0.39 is 0 Å². The molecule has 3 N–H and O–H groups in total. The Morgan fingerprint density at radius 2 is 1.78 bits per heavy atom. The number of phenolic OH excluding ortho intramolecular Hbond substituents is 1. The fourth-order valence-electron chi connectivity index (χ4n) is 2.58. The summed E-state index contributed by atoms with van der Waals surface area (Å²) in [6, 6.07) is 11.3. The van der Waals surface area contributed by atoms with Crippen LogP contribution >= 0.6 is 0 Å². The van der Waals surface area contributed by atoms with Crippen LogP contribution in [0.15, 0.2) is 41.4 Å². The number of nitrogens with zero attached hydrogens (tertiary/aromatic N) is 1. The lowest BCUT2D eigenvalue weighted by Gasteiger charge is -2.17. The summed E-state index contributed by atoms with van der Waals surface area (Å²) in [5.41, 5.74) is 2.95. The SMILES string of the molecule is CN=C(NCc1cc(OC)ccc1O)NCc1ccc(C)cc1OC(C)C. The van der Waals surface area contributed by atoms with Crippen LogP contribution in [0.25, 0.3) is 0 Å². The summed E-state index contributed by atoms with van der Waals surface area (Å²) in [5, 5.41) is 16.5. The van der Waals surface area contributed by atoms with Crippen LogP contribution in [-0.2, 0) is 13.1 Å². The van der Waals surface area contributed by atoms with Gasteiger partial charge in [0.15, 0.2) is 5.96 Å². The first-order valence-corrected chi connectivity index (χ1v) is 8.99. The Balaban J connectivity index is 2.00. The van der Waals surface area contributed by atoms with E-state index in [1.54, 1.807) is 32.4 Å². The fourth-order valence-corrected chi connectivity index (χ4v) is 2.58. The molecule has 0 saturated carbocycles. The maximum absolute atomic E-state index is 10.00. The molecule has 0 aromatic heterocycles. The van der Waals surface area contributed by atoms with E-state index in [4.69, 9.17) is 9.47 Å². The lowest BCUT2D eigenvalue weighted by molar-refractivity contribution is 0.239. The number of hydrogen-bond donors (Lipinski definition) is 3. The minimum Gasteiger partial charge on any atom is -0.508 e. The summed E-state index contributed by atoms with van der Waals surface area (Å²) >= 11 is 0. The van der Waals surface area contributed by atoms with Crippen LogP contribution in [-0.4, -0.2) is 31.3 Å². The van der Waals surface area contributed by atoms with Crippen LogP contribution in [0, 0.1) is 6.92 Å². The monoisotopic (exact) mass is 371 g/mol. The Bertz CT molecular complexity index is 788. The van der Waals surface area contributed by atoms with Crippen molar-refractivity contribution in [2.75, 3.05) is 14.2 Å². The van der Waals surface area contributed by atoms with Gasteiger partial charge in [-0.3, -0.25) is 4.99 Å². The van der Waals surface area contributed by atoms with Crippen LogP contribution in [0.1, 0.15) is 30.5 Å². The highest BCUT2D eigenvalue weighted by Crippen LogP contribution is 2.23. The molecular weight excluding hydrogens is 342 g/mol. The zero-order valence-corrected chi connectivity index (χ0v) is 16.7. The van der Waals surface area contributed by atoms with E-state index in [1.807, 2.05) is 26.8 Å². The highest BCUT2D eigenvalue weighted by atomic mass is 16.5. The molecule has 0 aliphatic heterocycles. The number of phenols is 1. The number of benzene rings is 2. The molecule has 2 aromatic rings. The van der Waals surface area contributed by atoms with Crippen molar-refractivity contribution in [3.63, 3.8) is 0 Å². The maximum atomic E-state index is 10.00. The number of aromatic hydroxyl groups is 1. The van der Waals surface area contributed by atoms with Gasteiger partial charge in [-0.2, -0.15) is 0 Å². The van der Waals surface area contributed by atoms with Crippen LogP contribution in [0.3, 0.4) is 0 Å². The van der Waals surface area contributed by atoms with E-state index in [0.717, 1.165) is 22.4 Å². The van der Waals surface area contributed by atoms with E-state index >= 15 is 0 Å². The molecule has 6 nitrogen and oxygen atoms in total. The minimum absolute atomic E-state index is 0.110. The van der Waals surface area contributed by atoms with Crippen molar-refractivity contribution in [1.29, 1.82) is 0 Å². The summed E-state index contributed by atoms with van der Waals surface area (Å²) < 4.78 is 11.1. The van der Waals surface area contributed by atoms with Gasteiger partial charge in [0, 0.05) is 31.3 Å². The fraction of sp³-hybridized carbons (Fsp3) is 0.381. The molecule has 0 aliphatic carbocycles. The molecule has 2 aromatic carbocycles. The van der Waals surface area contributed by atoms with Crippen LogP contribution in [0.5, 0.6) is 17.2 Å². The predicted octanol–water partition coefficient (Wildman–Crippen LogP) is 3.36. The first-order chi connectivity index (χ1) is 12.9. The number of nitrogens with one attached hydrogen (secondary N) is 2. The third-order valence-electron chi connectivity index (χ3n) is 3.99. The van der Waals surface area contributed by atoms with Crippen molar-refractivity contribution < 1.29 is 14.6 Å². The van der Waals surface area contributed by atoms with E-state index in [0.29, 0.717) is 24.8 Å². The lowest BCUT2D eigenvalue weighted by atomic mass is 10.1. The van der Waals surface area contributed by atoms with Crippen molar-refractivity contribution >= 4 is 5.96 Å². The zero-order valence-electron chi connectivity index (χ0n) is 16.7. The third-order valence-corrected chi connectivity index (χ3v) is 3.99. The Labute approximate surface area is 161 Å². The molecule has 0 radical (unpaired) electrons. The molecule has 0 atom stereocenters. The van der Waals surface area contributed by atoms with E-state index in [2.05, 4.69) is 27.8 Å². The quantitative estimate of drug-likeness (QED) is 0.514. The molecule has 2 rings (SSSR count). The first-order valence-electron chi connectivity index (χ1n) is 8.99. The van der Waals surface area contributed by atoms with Crippen molar-refractivity contribution in [3.05, 3.63) is 53.1 Å². The molecular formula is C21H29N3O3. The standard InChI is InChI=1S/C21H29N3O3/c1-14(2)27-20-10-15(3)6-7-16(20)12-23-21(22-4)24-13-17-11-18(26-5)8-9-19(17)25/h6-11,14,25H,12-13H2,1-5H3,(H2,22,23,24). The van der Waals surface area contributed by atoms with Gasteiger partial charge in [-0.05, 0) is 50.6 Å². The van der Waals surface area contributed by atoms with Gasteiger partial charge in [0.1, 0.15) is 17.2 Å². The molecule has 27 heavy (non-hydrogen) atoms. The molecule has 0 saturated heterocycles. The van der Waals surface area contributed by atoms with Crippen LogP contribution < -0.4 is 20.1 Å². The average Bonchev–Trinajstić information content (AvgIpc) is 2.64. The number of ether oxygens (including phenoxy) is 2. The summed E-state index contributed by atoms with van der Waals surface area (Å²) in [7, 11) is 3.31. The second kappa shape index (κ2) is 9.71. The van der Waals surface area contributed by atoms with Gasteiger partial charge in [0.05, 0.1) is 13.2 Å². The van der Waals surface area contributed by atoms with Crippen molar-refractivity contribution in [3.8, 4) is 17.2 Å². The number of hydrogen-bond acceptors (Lipinski definition) is 4. The number of aliphatic imine (C=N–C) groups is 1. The average molecular weight is 371 g/mol. The normalized spacial score (nSPS) is 11.4. The van der Waals surface area contributed by atoms with E-state index in [9.17, 15) is 5.11 Å². The maximum Gasteiger partial charge on any atom is 0.191 e. The Morgan fingerprint density at radius 3 is 2.41 bits per heavy atom. The smallest absolute Gasteiger partial charge is 0.191 e. The minimum atomic E-state index is 0.110. The van der Waals surface area contributed by atoms with Gasteiger partial charge in [0.25, 0.3) is 0 Å². The molecule has 0 heterocycles. The lowest BCUT2D eigenvalue weighted by Crippen LogP contribution is -2.36. The Kier molecular flexibility index (Phi) is 7.34.